The number of rotatable bonds is 27. The van der Waals surface area contributed by atoms with Crippen LogP contribution >= 0.6 is 70.8 Å². The molecule has 18 rings (SSSR count). The van der Waals surface area contributed by atoms with E-state index in [9.17, 15) is 34.2 Å². The van der Waals surface area contributed by atoms with E-state index in [0.717, 1.165) is 134 Å². The van der Waals surface area contributed by atoms with Gasteiger partial charge in [-0.2, -0.15) is 29.7 Å². The molecule has 5 atom stereocenters. The van der Waals surface area contributed by atoms with E-state index in [0.29, 0.717) is 123 Å². The number of carboxylic acid groups (broad SMARTS) is 1. The molecule has 2 saturated heterocycles. The van der Waals surface area contributed by atoms with E-state index in [1.807, 2.05) is 187 Å². The average Bonchev–Trinajstić information content (AvgIpc) is 1.17. The second kappa shape index (κ2) is 43.7. The molecule has 8 heterocycles. The summed E-state index contributed by atoms with van der Waals surface area (Å²) in [7, 11) is 5.49. The van der Waals surface area contributed by atoms with Gasteiger partial charge in [0.05, 0.1) is 72.2 Å². The van der Waals surface area contributed by atoms with Gasteiger partial charge in [0.25, 0.3) is 23.4 Å². The molecular weight excluding hydrogens is 1820 g/mol. The first kappa shape index (κ1) is 96.8. The molecule has 135 heavy (non-hydrogen) atoms. The Morgan fingerprint density at radius 1 is 0.704 bits per heavy atom. The van der Waals surface area contributed by atoms with Crippen molar-refractivity contribution in [1.82, 2.24) is 48.8 Å². The Morgan fingerprint density at radius 3 is 2.01 bits per heavy atom. The molecule has 23 nitrogen and oxygen atoms in total. The van der Waals surface area contributed by atoms with Crippen molar-refractivity contribution in [3.8, 4) is 40.7 Å². The highest BCUT2D eigenvalue weighted by atomic mass is 35.5. The SMILES string of the molecule is C#Cc1cccc(-c2cc(=O)n(C)c3ccc(C(O)(c4ccc(Cl)cc4)c4cncn4C)cc23)c1.CSCC[C@H](NC(=O)c1cc(NC[C@@H]2C[C@H](S)CN2)ccc1CCc1ccc(C)cc1)C(=O)O.Cn1cncc1C(N)(c1ccc(Cl)nc1)c1ccc2c(c1)c(-c1cccc(Cl)c1)cc(=O)n2CC1CC1.N#Cc1ccc(C[N+]2=C(CN3CCN(c4cccc(Cl)c4)C(=O)C3)CN=C2)cc1. The maximum atomic E-state index is 13.3. The Bertz CT molecular complexity index is 6990. The number of thiol groups is 1. The van der Waals surface area contributed by atoms with E-state index in [2.05, 4.69) is 107 Å². The summed E-state index contributed by atoms with van der Waals surface area (Å²) in [6, 6.07) is 71.6. The molecule has 4 aliphatic rings. The lowest BCUT2D eigenvalue weighted by atomic mass is 9.81. The number of thioether (sulfide) groups is 1. The highest BCUT2D eigenvalue weighted by Gasteiger charge is 2.39. The van der Waals surface area contributed by atoms with Gasteiger partial charge in [0.1, 0.15) is 29.0 Å². The summed E-state index contributed by atoms with van der Waals surface area (Å²) in [5.74, 6) is 2.59. The van der Waals surface area contributed by atoms with Crippen molar-refractivity contribution in [3.63, 3.8) is 0 Å². The largest absolute Gasteiger partial charge is 0.480 e. The third-order valence-electron chi connectivity index (χ3n) is 25.0. The van der Waals surface area contributed by atoms with E-state index < -0.39 is 23.2 Å². The number of nitrogens with one attached hydrogen (secondary N) is 3. The van der Waals surface area contributed by atoms with Crippen LogP contribution in [0.1, 0.15) is 103 Å². The number of nitrogens with zero attached hydrogens (tertiary/aromatic N) is 12. The second-order valence-corrected chi connectivity index (χ2v) is 37.8. The summed E-state index contributed by atoms with van der Waals surface area (Å²) in [5.41, 5.74) is 22.9. The lowest BCUT2D eigenvalue weighted by molar-refractivity contribution is -0.414. The van der Waals surface area contributed by atoms with Crippen LogP contribution in [0.5, 0.6) is 0 Å². The number of benzene rings is 9. The van der Waals surface area contributed by atoms with Gasteiger partial charge in [-0.1, -0.05) is 166 Å². The maximum Gasteiger partial charge on any atom is 0.326 e. The highest BCUT2D eigenvalue weighted by Crippen LogP contribution is 2.43. The molecule has 3 aliphatic heterocycles. The summed E-state index contributed by atoms with van der Waals surface area (Å²) in [5, 5.41) is 44.7. The highest BCUT2D eigenvalue weighted by molar-refractivity contribution is 7.98. The Morgan fingerprint density at radius 2 is 1.36 bits per heavy atom. The molecule has 0 radical (unpaired) electrons. The zero-order chi connectivity index (χ0) is 95.2. The Labute approximate surface area is 813 Å². The number of halogens is 4. The van der Waals surface area contributed by atoms with Crippen molar-refractivity contribution in [2.45, 2.75) is 87.0 Å². The summed E-state index contributed by atoms with van der Waals surface area (Å²) in [4.78, 5) is 85.0. The van der Waals surface area contributed by atoms with E-state index in [1.54, 1.807) is 107 Å². The number of nitrogens with two attached hydrogens (primary N) is 1. The number of aryl methyl sites for hydroxylation is 6. The predicted molar refractivity (Wildman–Crippen MR) is 546 cm³/mol. The van der Waals surface area contributed by atoms with Crippen molar-refractivity contribution in [3.05, 3.63) is 369 Å². The fourth-order valence-electron chi connectivity index (χ4n) is 17.3. The van der Waals surface area contributed by atoms with Crippen LogP contribution in [0.2, 0.25) is 20.2 Å². The molecule has 2 unspecified atom stereocenters. The number of aromatic nitrogens is 7. The minimum atomic E-state index is -1.52. The number of carbonyl (C=O) groups excluding carboxylic acids is 2. The number of anilines is 2. The van der Waals surface area contributed by atoms with Gasteiger partial charge in [-0.05, 0) is 228 Å². The molecular formula is C106H103Cl4N16O7S2+. The van der Waals surface area contributed by atoms with Gasteiger partial charge in [-0.15, -0.1) is 6.42 Å². The van der Waals surface area contributed by atoms with Crippen molar-refractivity contribution in [2.75, 3.05) is 68.0 Å². The molecule has 2 amide bonds. The van der Waals surface area contributed by atoms with Crippen LogP contribution in [0.25, 0.3) is 44.1 Å². The molecule has 7 N–H and O–H groups in total. The second-order valence-electron chi connectivity index (χ2n) is 34.4. The number of hydrogen-bond acceptors (Lipinski definition) is 17. The molecule has 1 aliphatic carbocycles. The summed E-state index contributed by atoms with van der Waals surface area (Å²) in [6.07, 6.45) is 23.1. The van der Waals surface area contributed by atoms with Gasteiger partial charge >= 0.3 is 5.97 Å². The fraction of sp³-hybridized carbons (Fsp3) is 0.255. The number of pyridine rings is 3. The number of aliphatic carboxylic acids is 1. The summed E-state index contributed by atoms with van der Waals surface area (Å²) < 4.78 is 9.31. The summed E-state index contributed by atoms with van der Waals surface area (Å²) >= 11 is 30.8. The summed E-state index contributed by atoms with van der Waals surface area (Å²) in [6.45, 7) is 8.30. The number of carboxylic acids is 1. The van der Waals surface area contributed by atoms with Crippen LogP contribution in [0, 0.1) is 36.5 Å². The maximum absolute atomic E-state index is 13.3. The lowest BCUT2D eigenvalue weighted by Crippen LogP contribution is -2.52. The van der Waals surface area contributed by atoms with Crippen molar-refractivity contribution in [2.24, 2.45) is 37.8 Å². The number of imidazole rings is 2. The zero-order valence-electron chi connectivity index (χ0n) is 75.3. The number of piperazine rings is 1. The van der Waals surface area contributed by atoms with Gasteiger partial charge in [-0.25, -0.2) is 24.3 Å². The Balaban J connectivity index is 0.000000138. The van der Waals surface area contributed by atoms with Crippen LogP contribution in [-0.2, 0) is 67.8 Å². The number of aliphatic imine (C=N–C) groups is 1. The van der Waals surface area contributed by atoms with E-state index in [4.69, 9.17) is 63.8 Å². The van der Waals surface area contributed by atoms with E-state index >= 15 is 0 Å². The predicted octanol–water partition coefficient (Wildman–Crippen LogP) is 17.0. The van der Waals surface area contributed by atoms with Crippen molar-refractivity contribution < 1.29 is 29.2 Å². The molecule has 688 valence electrons. The monoisotopic (exact) mass is 1920 g/mol. The fourth-order valence-corrected chi connectivity index (χ4v) is 18.8. The van der Waals surface area contributed by atoms with Crippen LogP contribution < -0.4 is 37.7 Å². The zero-order valence-corrected chi connectivity index (χ0v) is 80.0. The van der Waals surface area contributed by atoms with Crippen molar-refractivity contribution >= 4 is 134 Å². The molecule has 5 aromatic heterocycles. The first-order chi connectivity index (χ1) is 65.1. The van der Waals surface area contributed by atoms with Gasteiger partial charge in [0.15, 0.2) is 12.1 Å². The van der Waals surface area contributed by atoms with Gasteiger partial charge in [0, 0.05) is 137 Å². The van der Waals surface area contributed by atoms with E-state index in [-0.39, 0.29) is 22.9 Å². The molecule has 0 spiro atoms. The molecule has 14 aromatic rings. The third kappa shape index (κ3) is 23.1. The normalized spacial score (nSPS) is 15.8. The molecule has 0 bridgehead atoms. The van der Waals surface area contributed by atoms with Crippen LogP contribution in [0.15, 0.2) is 270 Å². The average molecular weight is 1920 g/mol. The lowest BCUT2D eigenvalue weighted by Gasteiger charge is -2.34. The standard InChI is InChI=1S/C29H25Cl2N5O.C29H22ClN3O2.C26H35N3O3S2.C22H21ClN5O/c1-35-17-33-15-26(35)29(32,21-8-10-27(31)34-14-21)20-7-9-25-24(12-20)23(19-3-2-4-22(30)11-19)13-28(37)36(25)16-18-5-6-18;1-4-19-6-5-7-20(14-19)24-16-28(34)33(3)26-13-10-22(15-25(24)26)29(35,27-17-31-18-32(27)2)21-8-11-23(30)12-9-21;1-17-3-5-18(6-4-17)7-8-19-9-10-20(27-15-21-13-22(33)16-28-21)14-23(19)25(30)29-24(26(31)32)11-12-34-2;23-19-2-1-3-20(10-19)28-9-8-26(15-22(28)29)14-21-12-25-16-27(21)13-18-6-4-17(11-24)5-7-18/h2-4,7-15,17-18H,5-6,16,32H2,1H3;1,5-18,35H,2-3H3;3-6,9-10,14,21-22,24,27-28,33H,7-8,11-13,15-16H2,1-2H3,(H,29,30)(H,31,32);1-7,10,16H,8-9,12-15H2/q;;;+1/t;;21-,22-,24-;/m..0./s1. The topological polar surface area (TPSA) is 292 Å². The molecule has 29 heteroatoms. The van der Waals surface area contributed by atoms with Crippen LogP contribution in [0.3, 0.4) is 0 Å². The van der Waals surface area contributed by atoms with Crippen LogP contribution in [0.4, 0.5) is 11.4 Å². The van der Waals surface area contributed by atoms with E-state index in [1.165, 1.54) is 16.8 Å². The molecule has 9 aromatic carbocycles. The first-order valence-electron chi connectivity index (χ1n) is 44.4. The number of aliphatic hydroxyl groups is 1. The Kier molecular flexibility index (Phi) is 31.4. The third-order valence-corrected chi connectivity index (χ3v) is 27.0. The molecule has 1 saturated carbocycles. The van der Waals surface area contributed by atoms with Gasteiger partial charge in [0.2, 0.25) is 5.91 Å². The Hall–Kier alpha value is -12.7. The minimum absolute atomic E-state index is 0.0188. The quantitative estimate of drug-likeness (QED) is 0.0109. The smallest absolute Gasteiger partial charge is 0.326 e. The van der Waals surface area contributed by atoms with Crippen molar-refractivity contribution in [1.29, 1.82) is 5.26 Å². The first-order valence-corrected chi connectivity index (χ1v) is 47.8. The number of fused-ring (bicyclic) bond motifs is 2. The van der Waals surface area contributed by atoms with Crippen LogP contribution in [-0.4, -0.2) is 158 Å². The number of hydrogen-bond donors (Lipinski definition) is 7. The molecule has 3 fully saturated rings. The number of carbonyl (C=O) groups is 3. The minimum Gasteiger partial charge on any atom is -0.480 e. The number of amides is 2. The number of terminal acetylenes is 1. The van der Waals surface area contributed by atoms with Gasteiger partial charge in [-0.3, -0.25) is 24.1 Å². The van der Waals surface area contributed by atoms with Gasteiger partial charge < -0.3 is 55.1 Å². The number of nitriles is 1.